The zero-order valence-electron chi connectivity index (χ0n) is 12.8. The van der Waals surface area contributed by atoms with Gasteiger partial charge in [-0.2, -0.15) is 0 Å². The van der Waals surface area contributed by atoms with Gasteiger partial charge in [0.2, 0.25) is 0 Å². The monoisotopic (exact) mass is 290 g/mol. The third-order valence-electron chi connectivity index (χ3n) is 4.53. The van der Waals surface area contributed by atoms with Crippen molar-refractivity contribution in [2.75, 3.05) is 39.5 Å². The molecule has 0 aliphatic carbocycles. The van der Waals surface area contributed by atoms with Crippen molar-refractivity contribution >= 4 is 0 Å². The zero-order valence-corrected chi connectivity index (χ0v) is 12.8. The van der Waals surface area contributed by atoms with Gasteiger partial charge in [-0.1, -0.05) is 37.3 Å². The van der Waals surface area contributed by atoms with E-state index >= 15 is 0 Å². The number of rotatable bonds is 4. The molecule has 2 aliphatic rings. The van der Waals surface area contributed by atoms with Gasteiger partial charge in [-0.05, 0) is 12.0 Å². The SMILES string of the molecule is CCC1CNC(c2ccccc2)CN1CC1COCCO1. The second-order valence-electron chi connectivity index (χ2n) is 5.96. The summed E-state index contributed by atoms with van der Waals surface area (Å²) in [5.41, 5.74) is 1.37. The van der Waals surface area contributed by atoms with E-state index in [0.717, 1.165) is 39.5 Å². The molecule has 0 amide bonds. The second kappa shape index (κ2) is 7.36. The topological polar surface area (TPSA) is 33.7 Å². The van der Waals surface area contributed by atoms with Crippen molar-refractivity contribution < 1.29 is 9.47 Å². The van der Waals surface area contributed by atoms with E-state index in [1.165, 1.54) is 12.0 Å². The molecule has 0 aromatic heterocycles. The zero-order chi connectivity index (χ0) is 14.5. The van der Waals surface area contributed by atoms with Crippen LogP contribution in [0.25, 0.3) is 0 Å². The molecule has 116 valence electrons. The standard InChI is InChI=1S/C17H26N2O2/c1-2-15-10-18-17(14-6-4-3-5-7-14)12-19(15)11-16-13-20-8-9-21-16/h3-7,15-18H,2,8-13H2,1H3. The number of benzene rings is 1. The highest BCUT2D eigenvalue weighted by molar-refractivity contribution is 5.20. The van der Waals surface area contributed by atoms with E-state index in [4.69, 9.17) is 9.47 Å². The maximum absolute atomic E-state index is 5.83. The van der Waals surface area contributed by atoms with E-state index in [-0.39, 0.29) is 6.10 Å². The summed E-state index contributed by atoms with van der Waals surface area (Å²) >= 11 is 0. The maximum Gasteiger partial charge on any atom is 0.0936 e. The highest BCUT2D eigenvalue weighted by Crippen LogP contribution is 2.22. The summed E-state index contributed by atoms with van der Waals surface area (Å²) < 4.78 is 11.4. The summed E-state index contributed by atoms with van der Waals surface area (Å²) in [6.45, 7) is 7.53. The normalized spacial score (nSPS) is 31.2. The fourth-order valence-corrected chi connectivity index (χ4v) is 3.29. The van der Waals surface area contributed by atoms with Crippen LogP contribution in [0.2, 0.25) is 0 Å². The van der Waals surface area contributed by atoms with Crippen LogP contribution in [-0.4, -0.2) is 56.5 Å². The Morgan fingerprint density at radius 3 is 2.81 bits per heavy atom. The predicted octanol–water partition coefficient (Wildman–Crippen LogP) is 1.83. The first-order chi connectivity index (χ1) is 10.4. The lowest BCUT2D eigenvalue weighted by Crippen LogP contribution is -2.55. The Morgan fingerprint density at radius 1 is 1.24 bits per heavy atom. The van der Waals surface area contributed by atoms with Gasteiger partial charge in [0.1, 0.15) is 0 Å². The summed E-state index contributed by atoms with van der Waals surface area (Å²) in [6.07, 6.45) is 1.39. The van der Waals surface area contributed by atoms with Crippen LogP contribution in [0.3, 0.4) is 0 Å². The third-order valence-corrected chi connectivity index (χ3v) is 4.53. The lowest BCUT2D eigenvalue weighted by atomic mass is 10.00. The number of piperazine rings is 1. The lowest BCUT2D eigenvalue weighted by molar-refractivity contribution is -0.103. The van der Waals surface area contributed by atoms with Crippen LogP contribution < -0.4 is 5.32 Å². The van der Waals surface area contributed by atoms with E-state index in [9.17, 15) is 0 Å². The van der Waals surface area contributed by atoms with Gasteiger partial charge in [-0.3, -0.25) is 4.90 Å². The maximum atomic E-state index is 5.83. The van der Waals surface area contributed by atoms with Crippen LogP contribution in [0.4, 0.5) is 0 Å². The van der Waals surface area contributed by atoms with Crippen LogP contribution in [-0.2, 0) is 9.47 Å². The van der Waals surface area contributed by atoms with Crippen molar-refractivity contribution in [2.45, 2.75) is 31.5 Å². The van der Waals surface area contributed by atoms with Crippen LogP contribution in [0.1, 0.15) is 24.9 Å². The van der Waals surface area contributed by atoms with Crippen molar-refractivity contribution in [3.63, 3.8) is 0 Å². The van der Waals surface area contributed by atoms with Gasteiger partial charge in [-0.15, -0.1) is 0 Å². The average Bonchev–Trinajstić information content (AvgIpc) is 2.56. The summed E-state index contributed by atoms with van der Waals surface area (Å²) in [4.78, 5) is 2.58. The first kappa shape index (κ1) is 15.0. The molecule has 2 heterocycles. The van der Waals surface area contributed by atoms with E-state index in [2.05, 4.69) is 47.5 Å². The van der Waals surface area contributed by atoms with Crippen molar-refractivity contribution in [3.05, 3.63) is 35.9 Å². The minimum absolute atomic E-state index is 0.224. The minimum Gasteiger partial charge on any atom is -0.376 e. The molecular weight excluding hydrogens is 264 g/mol. The first-order valence-corrected chi connectivity index (χ1v) is 8.08. The molecule has 1 aromatic carbocycles. The molecule has 1 N–H and O–H groups in total. The quantitative estimate of drug-likeness (QED) is 0.917. The molecule has 3 rings (SSSR count). The van der Waals surface area contributed by atoms with Crippen molar-refractivity contribution in [1.29, 1.82) is 0 Å². The smallest absolute Gasteiger partial charge is 0.0936 e. The van der Waals surface area contributed by atoms with Gasteiger partial charge in [0.25, 0.3) is 0 Å². The summed E-state index contributed by atoms with van der Waals surface area (Å²) in [5.74, 6) is 0. The number of hydrogen-bond donors (Lipinski definition) is 1. The Morgan fingerprint density at radius 2 is 2.10 bits per heavy atom. The van der Waals surface area contributed by atoms with Gasteiger partial charge < -0.3 is 14.8 Å². The van der Waals surface area contributed by atoms with Gasteiger partial charge in [0.05, 0.1) is 25.9 Å². The Balaban J connectivity index is 1.64. The van der Waals surface area contributed by atoms with Gasteiger partial charge in [0.15, 0.2) is 0 Å². The van der Waals surface area contributed by atoms with Crippen LogP contribution in [0.5, 0.6) is 0 Å². The Kier molecular flexibility index (Phi) is 5.25. The minimum atomic E-state index is 0.224. The lowest BCUT2D eigenvalue weighted by Gasteiger charge is -2.42. The average molecular weight is 290 g/mol. The number of nitrogens with one attached hydrogen (secondary N) is 1. The molecule has 21 heavy (non-hydrogen) atoms. The highest BCUT2D eigenvalue weighted by Gasteiger charge is 2.30. The summed E-state index contributed by atoms with van der Waals surface area (Å²) in [6, 6.07) is 11.7. The Bertz CT molecular complexity index is 420. The fraction of sp³-hybridized carbons (Fsp3) is 0.647. The largest absolute Gasteiger partial charge is 0.376 e. The molecule has 0 saturated carbocycles. The molecule has 2 aliphatic heterocycles. The summed E-state index contributed by atoms with van der Waals surface area (Å²) in [7, 11) is 0. The molecule has 4 nitrogen and oxygen atoms in total. The van der Waals surface area contributed by atoms with E-state index in [0.29, 0.717) is 12.1 Å². The van der Waals surface area contributed by atoms with Crippen molar-refractivity contribution in [1.82, 2.24) is 10.2 Å². The van der Waals surface area contributed by atoms with E-state index < -0.39 is 0 Å². The molecule has 3 unspecified atom stereocenters. The van der Waals surface area contributed by atoms with Gasteiger partial charge in [0, 0.05) is 31.7 Å². The molecule has 2 saturated heterocycles. The van der Waals surface area contributed by atoms with Crippen molar-refractivity contribution in [2.24, 2.45) is 0 Å². The van der Waals surface area contributed by atoms with Gasteiger partial charge in [-0.25, -0.2) is 0 Å². The molecule has 1 aromatic rings. The highest BCUT2D eigenvalue weighted by atomic mass is 16.6. The molecule has 3 atom stereocenters. The van der Waals surface area contributed by atoms with E-state index in [1.54, 1.807) is 0 Å². The molecular formula is C17H26N2O2. The second-order valence-corrected chi connectivity index (χ2v) is 5.96. The molecule has 4 heteroatoms. The van der Waals surface area contributed by atoms with Crippen LogP contribution >= 0.6 is 0 Å². The molecule has 0 spiro atoms. The molecule has 0 bridgehead atoms. The number of nitrogens with zero attached hydrogens (tertiary/aromatic N) is 1. The Labute approximate surface area is 127 Å². The fourth-order valence-electron chi connectivity index (χ4n) is 3.29. The summed E-state index contributed by atoms with van der Waals surface area (Å²) in [5, 5.41) is 3.69. The predicted molar refractivity (Wildman–Crippen MR) is 83.4 cm³/mol. The van der Waals surface area contributed by atoms with Gasteiger partial charge >= 0.3 is 0 Å². The first-order valence-electron chi connectivity index (χ1n) is 8.08. The number of ether oxygens (including phenoxy) is 2. The van der Waals surface area contributed by atoms with Crippen LogP contribution in [0, 0.1) is 0 Å². The Hall–Kier alpha value is -0.940. The van der Waals surface area contributed by atoms with E-state index in [1.807, 2.05) is 0 Å². The van der Waals surface area contributed by atoms with Crippen molar-refractivity contribution in [3.8, 4) is 0 Å². The molecule has 0 radical (unpaired) electrons. The third kappa shape index (κ3) is 3.83. The number of hydrogen-bond acceptors (Lipinski definition) is 4. The van der Waals surface area contributed by atoms with Crippen LogP contribution in [0.15, 0.2) is 30.3 Å². The molecule has 2 fully saturated rings.